The summed E-state index contributed by atoms with van der Waals surface area (Å²) >= 11 is 0. The lowest BCUT2D eigenvalue weighted by Crippen LogP contribution is -2.26. The number of nitrogens with zero attached hydrogens (tertiary/aromatic N) is 1. The van der Waals surface area contributed by atoms with E-state index in [-0.39, 0.29) is 40.0 Å². The number of rotatable bonds is 4. The summed E-state index contributed by atoms with van der Waals surface area (Å²) in [5.41, 5.74) is 6.41. The summed E-state index contributed by atoms with van der Waals surface area (Å²) in [4.78, 5) is 25.3. The zero-order valence-corrected chi connectivity index (χ0v) is 17.7. The Kier molecular flexibility index (Phi) is 5.03. The first-order chi connectivity index (χ1) is 16.5. The molecule has 0 fully saturated rings. The summed E-state index contributed by atoms with van der Waals surface area (Å²) in [7, 11) is 1.40. The Morgan fingerprint density at radius 1 is 1.12 bits per heavy atom. The molecule has 0 bridgehead atoms. The van der Waals surface area contributed by atoms with Crippen molar-refractivity contribution in [3.63, 3.8) is 0 Å². The zero-order valence-electron chi connectivity index (χ0n) is 17.7. The number of hydrogen-bond acceptors (Lipinski definition) is 9. The Labute approximate surface area is 192 Å². The molecule has 168 valence electrons. The minimum Gasteiger partial charge on any atom is -0.493 e. The van der Waals surface area contributed by atoms with Crippen molar-refractivity contribution in [2.75, 3.05) is 7.11 Å². The molecule has 0 saturated carbocycles. The van der Waals surface area contributed by atoms with Gasteiger partial charge in [-0.15, -0.1) is 0 Å². The molecule has 34 heavy (non-hydrogen) atoms. The number of nitriles is 1. The molecule has 5 rings (SSSR count). The van der Waals surface area contributed by atoms with Crippen molar-refractivity contribution < 1.29 is 27.8 Å². The molecule has 3 heterocycles. The van der Waals surface area contributed by atoms with Crippen molar-refractivity contribution >= 4 is 16.9 Å². The third-order valence-corrected chi connectivity index (χ3v) is 5.42. The minimum absolute atomic E-state index is 0.0245. The van der Waals surface area contributed by atoms with Crippen molar-refractivity contribution in [1.29, 1.82) is 5.26 Å². The van der Waals surface area contributed by atoms with Gasteiger partial charge in [-0.05, 0) is 42.0 Å². The first-order valence-corrected chi connectivity index (χ1v) is 10.1. The highest BCUT2D eigenvalue weighted by molar-refractivity contribution is 5.88. The van der Waals surface area contributed by atoms with Crippen LogP contribution in [0.2, 0.25) is 0 Å². The molecule has 0 saturated heterocycles. The van der Waals surface area contributed by atoms with Gasteiger partial charge in [0.05, 0.1) is 30.2 Å². The third-order valence-electron chi connectivity index (χ3n) is 5.42. The quantitative estimate of drug-likeness (QED) is 0.276. The number of fused-ring (bicyclic) bond motifs is 3. The lowest BCUT2D eigenvalue weighted by molar-refractivity contribution is 0.0696. The molecule has 1 unspecified atom stereocenters. The molecule has 1 aliphatic rings. The fraction of sp³-hybridized carbons (Fsp3) is 0.0800. The fourth-order valence-electron chi connectivity index (χ4n) is 3.89. The van der Waals surface area contributed by atoms with Crippen LogP contribution < -0.4 is 25.6 Å². The van der Waals surface area contributed by atoms with E-state index in [4.69, 9.17) is 28.8 Å². The van der Waals surface area contributed by atoms with Crippen LogP contribution in [0.4, 0.5) is 0 Å². The molecule has 1 aliphatic heterocycles. The fourth-order valence-corrected chi connectivity index (χ4v) is 3.89. The molecule has 0 spiro atoms. The molecule has 2 aromatic carbocycles. The summed E-state index contributed by atoms with van der Waals surface area (Å²) in [5, 5.41) is 10.4. The van der Waals surface area contributed by atoms with Crippen LogP contribution in [-0.4, -0.2) is 13.1 Å². The van der Waals surface area contributed by atoms with E-state index >= 15 is 0 Å². The molecule has 0 radical (unpaired) electrons. The highest BCUT2D eigenvalue weighted by Gasteiger charge is 2.36. The van der Waals surface area contributed by atoms with E-state index in [9.17, 15) is 14.9 Å². The van der Waals surface area contributed by atoms with Gasteiger partial charge in [-0.25, -0.2) is 9.59 Å². The summed E-state index contributed by atoms with van der Waals surface area (Å²) in [5.74, 6) is -1.15. The van der Waals surface area contributed by atoms with E-state index in [1.54, 1.807) is 42.5 Å². The maximum atomic E-state index is 13.0. The van der Waals surface area contributed by atoms with Crippen LogP contribution in [0.25, 0.3) is 11.0 Å². The Morgan fingerprint density at radius 2 is 1.94 bits per heavy atom. The number of carbonyl (C=O) groups is 1. The Bertz CT molecular complexity index is 1560. The number of ether oxygens (including phenoxy) is 3. The average molecular weight is 456 g/mol. The van der Waals surface area contributed by atoms with Gasteiger partial charge in [-0.2, -0.15) is 5.26 Å². The van der Waals surface area contributed by atoms with E-state index in [2.05, 4.69) is 0 Å². The second-order valence-corrected chi connectivity index (χ2v) is 7.33. The second kappa shape index (κ2) is 8.18. The van der Waals surface area contributed by atoms with Gasteiger partial charge in [0.2, 0.25) is 11.6 Å². The molecule has 4 aromatic rings. The molecule has 1 atom stereocenters. The topological polar surface area (TPSA) is 138 Å². The maximum Gasteiger partial charge on any atom is 0.379 e. The van der Waals surface area contributed by atoms with Crippen LogP contribution in [0.1, 0.15) is 27.6 Å². The van der Waals surface area contributed by atoms with Crippen LogP contribution in [0.15, 0.2) is 85.9 Å². The normalized spacial score (nSPS) is 14.8. The Balaban J connectivity index is 1.65. The van der Waals surface area contributed by atoms with Crippen molar-refractivity contribution in [2.45, 2.75) is 5.92 Å². The highest BCUT2D eigenvalue weighted by Crippen LogP contribution is 2.45. The first kappa shape index (κ1) is 20.9. The third kappa shape index (κ3) is 3.34. The number of hydrogen-bond donors (Lipinski definition) is 1. The molecule has 9 nitrogen and oxygen atoms in total. The predicted octanol–water partition coefficient (Wildman–Crippen LogP) is 3.83. The van der Waals surface area contributed by atoms with E-state index < -0.39 is 17.5 Å². The van der Waals surface area contributed by atoms with Gasteiger partial charge in [0, 0.05) is 0 Å². The number of methoxy groups -OCH3 is 1. The van der Waals surface area contributed by atoms with E-state index in [1.807, 2.05) is 6.07 Å². The zero-order chi connectivity index (χ0) is 23.8. The number of esters is 1. The van der Waals surface area contributed by atoms with Crippen LogP contribution in [0.3, 0.4) is 0 Å². The first-order valence-electron chi connectivity index (χ1n) is 10.1. The summed E-state index contributed by atoms with van der Waals surface area (Å²) in [6.45, 7) is 0. The smallest absolute Gasteiger partial charge is 0.379 e. The lowest BCUT2D eigenvalue weighted by atomic mass is 9.83. The molecule has 0 amide bonds. The van der Waals surface area contributed by atoms with Gasteiger partial charge in [-0.1, -0.05) is 18.2 Å². The summed E-state index contributed by atoms with van der Waals surface area (Å²) in [6, 6.07) is 16.6. The largest absolute Gasteiger partial charge is 0.493 e. The van der Waals surface area contributed by atoms with Crippen LogP contribution in [0.5, 0.6) is 17.2 Å². The second-order valence-electron chi connectivity index (χ2n) is 7.33. The Morgan fingerprint density at radius 3 is 2.68 bits per heavy atom. The molecule has 0 aliphatic carbocycles. The van der Waals surface area contributed by atoms with Crippen molar-refractivity contribution in [3.05, 3.63) is 99.6 Å². The minimum atomic E-state index is -0.890. The van der Waals surface area contributed by atoms with E-state index in [0.717, 1.165) is 0 Å². The van der Waals surface area contributed by atoms with Gasteiger partial charge in [-0.3, -0.25) is 0 Å². The van der Waals surface area contributed by atoms with Gasteiger partial charge in [0.1, 0.15) is 17.2 Å². The summed E-state index contributed by atoms with van der Waals surface area (Å²) in [6.07, 6.45) is 1.36. The maximum absolute atomic E-state index is 13.0. The van der Waals surface area contributed by atoms with Crippen molar-refractivity contribution in [2.24, 2.45) is 5.73 Å². The van der Waals surface area contributed by atoms with E-state index in [0.29, 0.717) is 16.5 Å². The van der Waals surface area contributed by atoms with Gasteiger partial charge >= 0.3 is 11.6 Å². The lowest BCUT2D eigenvalue weighted by Gasteiger charge is -2.26. The standard InChI is InChI=1S/C25H16N2O7/c1-30-19-11-13(8-9-17(19)33-24(28)18-7-4-10-31-18)20-15(12-26)23(27)34-22-14-5-2-3-6-16(14)32-25(29)21(20)22/h2-11,20H,27H2,1H3. The molecular weight excluding hydrogens is 440 g/mol. The van der Waals surface area contributed by atoms with Gasteiger partial charge < -0.3 is 28.8 Å². The predicted molar refractivity (Wildman–Crippen MR) is 118 cm³/mol. The van der Waals surface area contributed by atoms with E-state index in [1.165, 1.54) is 25.5 Å². The van der Waals surface area contributed by atoms with Crippen LogP contribution in [-0.2, 0) is 0 Å². The highest BCUT2D eigenvalue weighted by atomic mass is 16.6. The number of furan rings is 1. The molecular formula is C25H16N2O7. The van der Waals surface area contributed by atoms with Crippen molar-refractivity contribution in [1.82, 2.24) is 0 Å². The van der Waals surface area contributed by atoms with Gasteiger partial charge in [0.15, 0.2) is 17.2 Å². The number of allylic oxidation sites excluding steroid dienone is 1. The number of benzene rings is 2. The number of carbonyl (C=O) groups excluding carboxylic acids is 1. The summed E-state index contributed by atoms with van der Waals surface area (Å²) < 4.78 is 27.1. The Hall–Kier alpha value is -4.97. The number of nitrogens with two attached hydrogens (primary N) is 1. The molecule has 2 aromatic heterocycles. The monoisotopic (exact) mass is 456 g/mol. The number of para-hydroxylation sites is 1. The van der Waals surface area contributed by atoms with Crippen LogP contribution in [0, 0.1) is 11.3 Å². The van der Waals surface area contributed by atoms with Crippen LogP contribution >= 0.6 is 0 Å². The molecule has 9 heteroatoms. The van der Waals surface area contributed by atoms with Crippen molar-refractivity contribution in [3.8, 4) is 23.3 Å². The molecule has 2 N–H and O–H groups in total. The van der Waals surface area contributed by atoms with Gasteiger partial charge in [0.25, 0.3) is 0 Å². The SMILES string of the molecule is COc1cc(C2C(C#N)=C(N)Oc3c2c(=O)oc2ccccc32)ccc1OC(=O)c1ccco1. The average Bonchev–Trinajstić information content (AvgIpc) is 3.39.